The van der Waals surface area contributed by atoms with Gasteiger partial charge in [0.25, 0.3) is 0 Å². The molecule has 0 amide bonds. The van der Waals surface area contributed by atoms with Crippen molar-refractivity contribution in [1.82, 2.24) is 0 Å². The molecule has 1 rings (SSSR count). The molecule has 3 nitrogen and oxygen atoms in total. The van der Waals surface area contributed by atoms with Crippen LogP contribution in [0.1, 0.15) is 44.6 Å². The third-order valence-electron chi connectivity index (χ3n) is 2.76. The first-order chi connectivity index (χ1) is 8.19. The lowest BCUT2D eigenvalue weighted by Crippen LogP contribution is -2.16. The quantitative estimate of drug-likeness (QED) is 0.609. The summed E-state index contributed by atoms with van der Waals surface area (Å²) in [5, 5.41) is 0. The summed E-state index contributed by atoms with van der Waals surface area (Å²) in [6.45, 7) is 4.37. The minimum absolute atomic E-state index is 0.134. The van der Waals surface area contributed by atoms with E-state index < -0.39 is 0 Å². The minimum Gasteiger partial charge on any atom is -0.466 e. The molecule has 0 spiro atoms. The van der Waals surface area contributed by atoms with Crippen LogP contribution in [0.3, 0.4) is 0 Å². The SMILES string of the molecule is CCCC[C@H](C(=O)OCC)c1ccc(N)cc1. The maximum absolute atomic E-state index is 11.9. The Balaban J connectivity index is 2.81. The second-order valence-electron chi connectivity index (χ2n) is 4.11. The number of hydrogen-bond donors (Lipinski definition) is 1. The molecule has 0 saturated heterocycles. The molecule has 94 valence electrons. The van der Waals surface area contributed by atoms with Gasteiger partial charge in [0.1, 0.15) is 0 Å². The lowest BCUT2D eigenvalue weighted by Gasteiger charge is -2.15. The Kier molecular flexibility index (Phi) is 5.53. The molecule has 0 radical (unpaired) electrons. The first-order valence-electron chi connectivity index (χ1n) is 6.21. The third-order valence-corrected chi connectivity index (χ3v) is 2.76. The van der Waals surface area contributed by atoms with Crippen LogP contribution < -0.4 is 5.73 Å². The van der Waals surface area contributed by atoms with Gasteiger partial charge in [0, 0.05) is 5.69 Å². The topological polar surface area (TPSA) is 52.3 Å². The van der Waals surface area contributed by atoms with Gasteiger partial charge in [-0.05, 0) is 31.0 Å². The summed E-state index contributed by atoms with van der Waals surface area (Å²) in [6, 6.07) is 7.47. The Labute approximate surface area is 103 Å². The largest absolute Gasteiger partial charge is 0.466 e. The van der Waals surface area contributed by atoms with Gasteiger partial charge >= 0.3 is 5.97 Å². The molecule has 0 aliphatic carbocycles. The van der Waals surface area contributed by atoms with E-state index in [1.165, 1.54) is 0 Å². The van der Waals surface area contributed by atoms with Crippen molar-refractivity contribution in [3.8, 4) is 0 Å². The number of nitrogens with two attached hydrogens (primary N) is 1. The molecule has 0 aliphatic heterocycles. The van der Waals surface area contributed by atoms with Crippen molar-refractivity contribution < 1.29 is 9.53 Å². The van der Waals surface area contributed by atoms with Gasteiger partial charge in [0.15, 0.2) is 0 Å². The number of anilines is 1. The molecule has 0 aliphatic rings. The monoisotopic (exact) mass is 235 g/mol. The molecule has 0 heterocycles. The molecule has 0 fully saturated rings. The average molecular weight is 235 g/mol. The normalized spacial score (nSPS) is 12.1. The van der Waals surface area contributed by atoms with E-state index in [4.69, 9.17) is 10.5 Å². The van der Waals surface area contributed by atoms with E-state index in [0.29, 0.717) is 12.3 Å². The van der Waals surface area contributed by atoms with Crippen LogP contribution >= 0.6 is 0 Å². The molecule has 1 atom stereocenters. The molecular formula is C14H21NO2. The standard InChI is InChI=1S/C14H21NO2/c1-3-5-6-13(14(16)17-4-2)11-7-9-12(15)10-8-11/h7-10,13H,3-6,15H2,1-2H3/t13-/m0/s1. The highest BCUT2D eigenvalue weighted by atomic mass is 16.5. The molecule has 2 N–H and O–H groups in total. The van der Waals surface area contributed by atoms with Gasteiger partial charge in [-0.2, -0.15) is 0 Å². The third kappa shape index (κ3) is 4.10. The van der Waals surface area contributed by atoms with Crippen molar-refractivity contribution in [2.75, 3.05) is 12.3 Å². The van der Waals surface area contributed by atoms with E-state index in [2.05, 4.69) is 6.92 Å². The lowest BCUT2D eigenvalue weighted by molar-refractivity contribution is -0.145. The van der Waals surface area contributed by atoms with Gasteiger partial charge in [-0.25, -0.2) is 0 Å². The minimum atomic E-state index is -0.157. The van der Waals surface area contributed by atoms with Crippen molar-refractivity contribution >= 4 is 11.7 Å². The second kappa shape index (κ2) is 6.94. The van der Waals surface area contributed by atoms with Gasteiger partial charge in [0.05, 0.1) is 12.5 Å². The zero-order valence-electron chi connectivity index (χ0n) is 10.6. The lowest BCUT2D eigenvalue weighted by atomic mass is 9.93. The van der Waals surface area contributed by atoms with Crippen LogP contribution in [0, 0.1) is 0 Å². The van der Waals surface area contributed by atoms with E-state index in [1.807, 2.05) is 31.2 Å². The first-order valence-corrected chi connectivity index (χ1v) is 6.21. The molecule has 0 unspecified atom stereocenters. The zero-order valence-corrected chi connectivity index (χ0v) is 10.6. The molecule has 0 saturated carbocycles. The van der Waals surface area contributed by atoms with E-state index in [0.717, 1.165) is 24.8 Å². The summed E-state index contributed by atoms with van der Waals surface area (Å²) >= 11 is 0. The van der Waals surface area contributed by atoms with Crippen LogP contribution in [0.4, 0.5) is 5.69 Å². The summed E-state index contributed by atoms with van der Waals surface area (Å²) in [5.74, 6) is -0.291. The number of carbonyl (C=O) groups is 1. The number of hydrogen-bond acceptors (Lipinski definition) is 3. The van der Waals surface area contributed by atoms with Crippen molar-refractivity contribution in [1.29, 1.82) is 0 Å². The Morgan fingerprint density at radius 3 is 2.47 bits per heavy atom. The summed E-state index contributed by atoms with van der Waals surface area (Å²) in [7, 11) is 0. The Morgan fingerprint density at radius 2 is 1.94 bits per heavy atom. The molecular weight excluding hydrogens is 214 g/mol. The molecule has 0 bridgehead atoms. The van der Waals surface area contributed by atoms with Gasteiger partial charge < -0.3 is 10.5 Å². The van der Waals surface area contributed by atoms with E-state index >= 15 is 0 Å². The fourth-order valence-corrected chi connectivity index (χ4v) is 1.80. The fourth-order valence-electron chi connectivity index (χ4n) is 1.80. The zero-order chi connectivity index (χ0) is 12.7. The number of benzene rings is 1. The molecule has 1 aromatic rings. The van der Waals surface area contributed by atoms with Crippen molar-refractivity contribution in [3.05, 3.63) is 29.8 Å². The van der Waals surface area contributed by atoms with Crippen molar-refractivity contribution in [2.45, 2.75) is 39.0 Å². The number of unbranched alkanes of at least 4 members (excludes halogenated alkanes) is 1. The maximum Gasteiger partial charge on any atom is 0.313 e. The van der Waals surface area contributed by atoms with Gasteiger partial charge in [-0.15, -0.1) is 0 Å². The summed E-state index contributed by atoms with van der Waals surface area (Å²) in [6.07, 6.45) is 2.93. The fraction of sp³-hybridized carbons (Fsp3) is 0.500. The number of nitrogen functional groups attached to an aromatic ring is 1. The number of carbonyl (C=O) groups excluding carboxylic acids is 1. The van der Waals surface area contributed by atoms with Crippen LogP contribution in [0.2, 0.25) is 0 Å². The molecule has 0 aromatic heterocycles. The van der Waals surface area contributed by atoms with Gasteiger partial charge in [-0.3, -0.25) is 4.79 Å². The van der Waals surface area contributed by atoms with Crippen molar-refractivity contribution in [3.63, 3.8) is 0 Å². The predicted molar refractivity (Wildman–Crippen MR) is 69.8 cm³/mol. The van der Waals surface area contributed by atoms with Crippen LogP contribution in [-0.2, 0) is 9.53 Å². The maximum atomic E-state index is 11.9. The number of ether oxygens (including phenoxy) is 1. The van der Waals surface area contributed by atoms with E-state index in [-0.39, 0.29) is 11.9 Å². The average Bonchev–Trinajstić information content (AvgIpc) is 2.32. The number of rotatable bonds is 6. The highest BCUT2D eigenvalue weighted by molar-refractivity contribution is 5.78. The van der Waals surface area contributed by atoms with Crippen LogP contribution in [0.5, 0.6) is 0 Å². The predicted octanol–water partition coefficient (Wildman–Crippen LogP) is 3.11. The van der Waals surface area contributed by atoms with Crippen LogP contribution in [0.15, 0.2) is 24.3 Å². The Morgan fingerprint density at radius 1 is 1.29 bits per heavy atom. The smallest absolute Gasteiger partial charge is 0.313 e. The Bertz CT molecular complexity index is 346. The number of esters is 1. The van der Waals surface area contributed by atoms with Crippen LogP contribution in [-0.4, -0.2) is 12.6 Å². The molecule has 17 heavy (non-hydrogen) atoms. The Hall–Kier alpha value is -1.51. The van der Waals surface area contributed by atoms with Crippen LogP contribution in [0.25, 0.3) is 0 Å². The second-order valence-corrected chi connectivity index (χ2v) is 4.11. The van der Waals surface area contributed by atoms with E-state index in [9.17, 15) is 4.79 Å². The summed E-state index contributed by atoms with van der Waals surface area (Å²) in [5.41, 5.74) is 7.35. The van der Waals surface area contributed by atoms with E-state index in [1.54, 1.807) is 0 Å². The highest BCUT2D eigenvalue weighted by Crippen LogP contribution is 2.24. The highest BCUT2D eigenvalue weighted by Gasteiger charge is 2.20. The van der Waals surface area contributed by atoms with Gasteiger partial charge in [-0.1, -0.05) is 31.9 Å². The van der Waals surface area contributed by atoms with Gasteiger partial charge in [0.2, 0.25) is 0 Å². The summed E-state index contributed by atoms with van der Waals surface area (Å²) < 4.78 is 5.12. The molecule has 3 heteroatoms. The first kappa shape index (κ1) is 13.6. The molecule has 1 aromatic carbocycles. The summed E-state index contributed by atoms with van der Waals surface area (Å²) in [4.78, 5) is 11.9. The van der Waals surface area contributed by atoms with Crippen molar-refractivity contribution in [2.24, 2.45) is 0 Å².